The van der Waals surface area contributed by atoms with Crippen molar-refractivity contribution in [3.63, 3.8) is 0 Å². The van der Waals surface area contributed by atoms with Gasteiger partial charge < -0.3 is 34.0 Å². The van der Waals surface area contributed by atoms with Crippen LogP contribution in [0, 0.1) is 5.92 Å². The number of methoxy groups -OCH3 is 2. The zero-order chi connectivity index (χ0) is 32.0. The Kier molecular flexibility index (Phi) is 9.81. The van der Waals surface area contributed by atoms with Gasteiger partial charge >= 0.3 is 5.97 Å². The summed E-state index contributed by atoms with van der Waals surface area (Å²) in [5, 5.41) is 3.21. The Hall–Kier alpha value is -4.72. The fourth-order valence-electron chi connectivity index (χ4n) is 4.65. The van der Waals surface area contributed by atoms with Gasteiger partial charge in [-0.15, -0.1) is 0 Å². The largest absolute Gasteiger partial charge is 0.462 e. The van der Waals surface area contributed by atoms with Crippen molar-refractivity contribution < 1.29 is 36.9 Å². The minimum Gasteiger partial charge on any atom is -0.462 e. The molecule has 2 aromatic heterocycles. The van der Waals surface area contributed by atoms with Crippen LogP contribution in [-0.2, 0) is 35.4 Å². The number of ether oxygens (including phenoxy) is 5. The Balaban J connectivity index is 1.37. The molecule has 1 aliphatic rings. The molecular weight excluding hydrogens is 600 g/mol. The number of aromatic nitrogens is 3. The molecule has 13 heteroatoms. The summed E-state index contributed by atoms with van der Waals surface area (Å²) < 4.78 is 51.6. The molecule has 0 aliphatic carbocycles. The third kappa shape index (κ3) is 8.06. The van der Waals surface area contributed by atoms with Crippen LogP contribution in [-0.4, -0.2) is 68.8 Å². The highest BCUT2D eigenvalue weighted by Gasteiger charge is 2.31. The standard InChI is InChI=1S/C32H34N4O8S/c1-20-25(32(37)42-18-21-8-6-5-7-9-21)15-28(35-20)27-11-10-26(36-27)22-12-23(14-24(13-22)44-31(41-3)19-40-2)43-29-16-34-30(17-33-29)45(4,38)39/h5-17,20,25,31,35-36H,18-19H2,1-4H3/t20-,25-,31-/m0/s1. The first-order valence-corrected chi connectivity index (χ1v) is 15.9. The summed E-state index contributed by atoms with van der Waals surface area (Å²) in [5.41, 5.74) is 3.94. The molecule has 0 bridgehead atoms. The summed E-state index contributed by atoms with van der Waals surface area (Å²) in [6.07, 6.45) is 4.61. The highest BCUT2D eigenvalue weighted by Crippen LogP contribution is 2.34. The lowest BCUT2D eigenvalue weighted by molar-refractivity contribution is -0.148. The van der Waals surface area contributed by atoms with E-state index in [1.54, 1.807) is 19.2 Å². The minimum atomic E-state index is -3.51. The summed E-state index contributed by atoms with van der Waals surface area (Å²) in [7, 11) is -0.459. The van der Waals surface area contributed by atoms with Crippen molar-refractivity contribution in [1.82, 2.24) is 20.3 Å². The van der Waals surface area contributed by atoms with Gasteiger partial charge in [0.1, 0.15) is 24.7 Å². The van der Waals surface area contributed by atoms with Crippen molar-refractivity contribution in [3.05, 3.63) is 90.4 Å². The summed E-state index contributed by atoms with van der Waals surface area (Å²) in [6.45, 7) is 2.34. The minimum absolute atomic E-state index is 0.0948. The molecule has 0 spiro atoms. The number of carbonyl (C=O) groups is 1. The molecule has 236 valence electrons. The van der Waals surface area contributed by atoms with E-state index in [9.17, 15) is 13.2 Å². The van der Waals surface area contributed by atoms with Crippen LogP contribution in [0.5, 0.6) is 17.4 Å². The molecule has 5 rings (SSSR count). The maximum Gasteiger partial charge on any atom is 0.315 e. The molecule has 0 fully saturated rings. The molecule has 2 N–H and O–H groups in total. The van der Waals surface area contributed by atoms with Crippen LogP contribution in [0.3, 0.4) is 0 Å². The fraction of sp³-hybridized carbons (Fsp3) is 0.281. The first-order chi connectivity index (χ1) is 21.6. The molecule has 2 aromatic carbocycles. The van der Waals surface area contributed by atoms with E-state index in [4.69, 9.17) is 23.7 Å². The lowest BCUT2D eigenvalue weighted by Gasteiger charge is -2.18. The third-order valence-electron chi connectivity index (χ3n) is 6.97. The fourth-order valence-corrected chi connectivity index (χ4v) is 5.14. The maximum atomic E-state index is 12.9. The number of nitrogens with one attached hydrogen (secondary N) is 2. The molecule has 3 heterocycles. The van der Waals surface area contributed by atoms with Crippen molar-refractivity contribution >= 4 is 21.5 Å². The zero-order valence-corrected chi connectivity index (χ0v) is 26.0. The Labute approximate surface area is 261 Å². The van der Waals surface area contributed by atoms with E-state index in [1.807, 2.05) is 61.5 Å². The van der Waals surface area contributed by atoms with Gasteiger partial charge in [-0.2, -0.15) is 0 Å². The number of hydrogen-bond acceptors (Lipinski definition) is 11. The second kappa shape index (κ2) is 13.9. The summed E-state index contributed by atoms with van der Waals surface area (Å²) >= 11 is 0. The van der Waals surface area contributed by atoms with Crippen molar-refractivity contribution in [1.29, 1.82) is 0 Å². The van der Waals surface area contributed by atoms with E-state index in [2.05, 4.69) is 20.3 Å². The van der Waals surface area contributed by atoms with Gasteiger partial charge in [0.2, 0.25) is 12.2 Å². The van der Waals surface area contributed by atoms with Gasteiger partial charge in [-0.05, 0) is 42.8 Å². The number of rotatable bonds is 13. The van der Waals surface area contributed by atoms with E-state index < -0.39 is 22.0 Å². The van der Waals surface area contributed by atoms with Crippen LogP contribution < -0.4 is 14.8 Å². The first kappa shape index (κ1) is 31.7. The molecule has 4 aromatic rings. The van der Waals surface area contributed by atoms with E-state index in [0.717, 1.165) is 35.1 Å². The molecule has 0 saturated heterocycles. The predicted molar refractivity (Wildman–Crippen MR) is 165 cm³/mol. The van der Waals surface area contributed by atoms with Crippen LogP contribution in [0.1, 0.15) is 18.2 Å². The summed E-state index contributed by atoms with van der Waals surface area (Å²) in [5.74, 6) is 0.131. The van der Waals surface area contributed by atoms with Crippen molar-refractivity contribution in [3.8, 4) is 28.6 Å². The number of nitrogens with zero attached hydrogens (tertiary/aromatic N) is 2. The van der Waals surface area contributed by atoms with Crippen molar-refractivity contribution in [2.45, 2.75) is 30.9 Å². The number of sulfone groups is 1. The first-order valence-electron chi connectivity index (χ1n) is 14.0. The Morgan fingerprint density at radius 1 is 0.978 bits per heavy atom. The summed E-state index contributed by atoms with van der Waals surface area (Å²) in [4.78, 5) is 24.3. The van der Waals surface area contributed by atoms with Crippen molar-refractivity contribution in [2.24, 2.45) is 5.92 Å². The molecule has 12 nitrogen and oxygen atoms in total. The van der Waals surface area contributed by atoms with Gasteiger partial charge in [-0.1, -0.05) is 30.3 Å². The SMILES string of the molecule is COC[C@@H](OC)Oc1cc(Oc2cnc(S(C)(=O)=O)cn2)cc(-c2ccc(C3=C[C@H](C(=O)OCc4ccccc4)[C@H](C)N3)[nH]2)c1. The highest BCUT2D eigenvalue weighted by atomic mass is 32.2. The molecule has 1 aliphatic heterocycles. The molecule has 45 heavy (non-hydrogen) atoms. The normalized spacial score (nSPS) is 16.8. The highest BCUT2D eigenvalue weighted by molar-refractivity contribution is 7.90. The zero-order valence-electron chi connectivity index (χ0n) is 25.2. The number of esters is 1. The predicted octanol–water partition coefficient (Wildman–Crippen LogP) is 4.36. The van der Waals surface area contributed by atoms with E-state index in [-0.39, 0.29) is 36.1 Å². The number of aromatic amines is 1. The average Bonchev–Trinajstić information content (AvgIpc) is 3.67. The van der Waals surface area contributed by atoms with E-state index in [0.29, 0.717) is 17.1 Å². The molecular formula is C32H34N4O8S. The molecule has 0 saturated carbocycles. The van der Waals surface area contributed by atoms with Crippen LogP contribution in [0.15, 0.2) is 84.2 Å². The van der Waals surface area contributed by atoms with Crippen LogP contribution >= 0.6 is 0 Å². The second-order valence-corrected chi connectivity index (χ2v) is 12.4. The van der Waals surface area contributed by atoms with Gasteiger partial charge in [0.15, 0.2) is 14.9 Å². The number of H-pyrrole nitrogens is 1. The molecule has 0 amide bonds. The lowest BCUT2D eigenvalue weighted by atomic mass is 10.0. The van der Waals surface area contributed by atoms with Gasteiger partial charge in [-0.3, -0.25) is 4.79 Å². The molecule has 0 radical (unpaired) electrons. The topological polar surface area (TPSA) is 151 Å². The monoisotopic (exact) mass is 634 g/mol. The van der Waals surface area contributed by atoms with E-state index >= 15 is 0 Å². The van der Waals surface area contributed by atoms with Gasteiger partial charge in [0.05, 0.1) is 29.7 Å². The van der Waals surface area contributed by atoms with Crippen molar-refractivity contribution in [2.75, 3.05) is 27.1 Å². The summed E-state index contributed by atoms with van der Waals surface area (Å²) in [6, 6.07) is 18.4. The Morgan fingerprint density at radius 3 is 2.42 bits per heavy atom. The van der Waals surface area contributed by atoms with Crippen LogP contribution in [0.4, 0.5) is 0 Å². The average molecular weight is 635 g/mol. The quantitative estimate of drug-likeness (QED) is 0.160. The Bertz CT molecular complexity index is 1760. The third-order valence-corrected chi connectivity index (χ3v) is 7.94. The number of carbonyl (C=O) groups excluding carboxylic acids is 1. The number of benzene rings is 2. The van der Waals surface area contributed by atoms with Crippen LogP contribution in [0.2, 0.25) is 0 Å². The molecule has 3 atom stereocenters. The Morgan fingerprint density at radius 2 is 1.73 bits per heavy atom. The van der Waals surface area contributed by atoms with E-state index in [1.165, 1.54) is 13.3 Å². The van der Waals surface area contributed by atoms with Crippen LogP contribution in [0.25, 0.3) is 17.0 Å². The molecule has 0 unspecified atom stereocenters. The van der Waals surface area contributed by atoms with Gasteiger partial charge in [0.25, 0.3) is 0 Å². The second-order valence-electron chi connectivity index (χ2n) is 10.4. The van der Waals surface area contributed by atoms with Gasteiger partial charge in [0, 0.05) is 43.8 Å². The lowest BCUT2D eigenvalue weighted by Crippen LogP contribution is -2.30. The maximum absolute atomic E-state index is 12.9. The van der Waals surface area contributed by atoms with Gasteiger partial charge in [-0.25, -0.2) is 18.4 Å². The smallest absolute Gasteiger partial charge is 0.315 e. The number of hydrogen-bond donors (Lipinski definition) is 2.